The number of hydrogen-bond acceptors (Lipinski definition) is 3. The summed E-state index contributed by atoms with van der Waals surface area (Å²) in [4.78, 5) is 2.45. The van der Waals surface area contributed by atoms with E-state index in [1.807, 2.05) is 12.1 Å². The fourth-order valence-electron chi connectivity index (χ4n) is 2.67. The molecule has 0 aliphatic heterocycles. The summed E-state index contributed by atoms with van der Waals surface area (Å²) < 4.78 is 5.26. The van der Waals surface area contributed by atoms with E-state index in [1.54, 1.807) is 7.11 Å². The number of rotatable bonds is 9. The van der Waals surface area contributed by atoms with Crippen LogP contribution in [-0.4, -0.2) is 38.2 Å². The molecule has 0 heterocycles. The van der Waals surface area contributed by atoms with Crippen molar-refractivity contribution in [3.05, 3.63) is 29.8 Å². The third-order valence-electron chi connectivity index (χ3n) is 3.92. The van der Waals surface area contributed by atoms with Crippen LogP contribution in [0.15, 0.2) is 24.3 Å². The summed E-state index contributed by atoms with van der Waals surface area (Å²) in [5, 5.41) is 3.69. The van der Waals surface area contributed by atoms with Gasteiger partial charge in [0.1, 0.15) is 5.75 Å². The Morgan fingerprint density at radius 1 is 1.14 bits per heavy atom. The topological polar surface area (TPSA) is 24.5 Å². The zero-order valence-electron chi connectivity index (χ0n) is 14.5. The van der Waals surface area contributed by atoms with E-state index >= 15 is 0 Å². The standard InChI is InChI=1S/C18H32N2O/c1-7-12-19-18(15(4)20(5)13-14(2)3)16-8-10-17(21-6)11-9-16/h8-11,14-15,18-19H,7,12-13H2,1-6H3. The number of nitrogens with zero attached hydrogens (tertiary/aromatic N) is 1. The molecule has 21 heavy (non-hydrogen) atoms. The van der Waals surface area contributed by atoms with Gasteiger partial charge in [0.2, 0.25) is 0 Å². The van der Waals surface area contributed by atoms with Crippen LogP contribution in [0, 0.1) is 5.92 Å². The van der Waals surface area contributed by atoms with Crippen molar-refractivity contribution in [1.29, 1.82) is 0 Å². The van der Waals surface area contributed by atoms with E-state index in [-0.39, 0.29) is 0 Å². The van der Waals surface area contributed by atoms with E-state index < -0.39 is 0 Å². The summed E-state index contributed by atoms with van der Waals surface area (Å²) in [6.45, 7) is 11.2. The molecular weight excluding hydrogens is 260 g/mol. The predicted octanol–water partition coefficient (Wildman–Crippen LogP) is 3.71. The lowest BCUT2D eigenvalue weighted by atomic mass is 9.98. The maximum Gasteiger partial charge on any atom is 0.118 e. The summed E-state index contributed by atoms with van der Waals surface area (Å²) in [6, 6.07) is 9.24. The van der Waals surface area contributed by atoms with Crippen molar-refractivity contribution in [3.63, 3.8) is 0 Å². The summed E-state index contributed by atoms with van der Waals surface area (Å²) in [5.41, 5.74) is 1.33. The van der Waals surface area contributed by atoms with Gasteiger partial charge >= 0.3 is 0 Å². The van der Waals surface area contributed by atoms with Crippen LogP contribution < -0.4 is 10.1 Å². The first-order valence-electron chi connectivity index (χ1n) is 8.07. The minimum absolute atomic E-state index is 0.347. The first-order chi connectivity index (χ1) is 9.99. The van der Waals surface area contributed by atoms with Gasteiger partial charge in [-0.1, -0.05) is 32.9 Å². The molecular formula is C18H32N2O. The highest BCUT2D eigenvalue weighted by molar-refractivity contribution is 5.29. The number of nitrogens with one attached hydrogen (secondary N) is 1. The van der Waals surface area contributed by atoms with Crippen molar-refractivity contribution in [3.8, 4) is 5.75 Å². The molecule has 1 N–H and O–H groups in total. The monoisotopic (exact) mass is 292 g/mol. The highest BCUT2D eigenvalue weighted by Gasteiger charge is 2.22. The van der Waals surface area contributed by atoms with Crippen molar-refractivity contribution in [2.45, 2.75) is 46.2 Å². The maximum atomic E-state index is 5.26. The molecule has 0 saturated heterocycles. The smallest absolute Gasteiger partial charge is 0.118 e. The molecule has 120 valence electrons. The second-order valence-corrected chi connectivity index (χ2v) is 6.28. The lowest BCUT2D eigenvalue weighted by Gasteiger charge is -2.34. The van der Waals surface area contributed by atoms with Gasteiger partial charge in [0.25, 0.3) is 0 Å². The fraction of sp³-hybridized carbons (Fsp3) is 0.667. The number of likely N-dealkylation sites (N-methyl/N-ethyl adjacent to an activating group) is 1. The Hall–Kier alpha value is -1.06. The number of ether oxygens (including phenoxy) is 1. The van der Waals surface area contributed by atoms with Crippen LogP contribution in [0.2, 0.25) is 0 Å². The number of methoxy groups -OCH3 is 1. The Kier molecular flexibility index (Phi) is 7.76. The number of hydrogen-bond donors (Lipinski definition) is 1. The molecule has 1 rings (SSSR count). The molecule has 0 fully saturated rings. The van der Waals surface area contributed by atoms with E-state index in [2.05, 4.69) is 57.1 Å². The van der Waals surface area contributed by atoms with Crippen molar-refractivity contribution < 1.29 is 4.74 Å². The first kappa shape index (κ1) is 18.0. The highest BCUT2D eigenvalue weighted by Crippen LogP contribution is 2.23. The van der Waals surface area contributed by atoms with Gasteiger partial charge in [0, 0.05) is 18.6 Å². The molecule has 3 heteroatoms. The Balaban J connectivity index is 2.86. The van der Waals surface area contributed by atoms with Crippen molar-refractivity contribution in [2.24, 2.45) is 5.92 Å². The minimum atomic E-state index is 0.347. The molecule has 0 aliphatic carbocycles. The van der Waals surface area contributed by atoms with Gasteiger partial charge in [-0.3, -0.25) is 0 Å². The van der Waals surface area contributed by atoms with Crippen LogP contribution in [0.25, 0.3) is 0 Å². The van der Waals surface area contributed by atoms with Crippen LogP contribution in [-0.2, 0) is 0 Å². The molecule has 0 saturated carbocycles. The molecule has 3 nitrogen and oxygen atoms in total. The third kappa shape index (κ3) is 5.68. The average Bonchev–Trinajstić information content (AvgIpc) is 2.47. The average molecular weight is 292 g/mol. The molecule has 0 radical (unpaired) electrons. The van der Waals surface area contributed by atoms with Gasteiger partial charge in [-0.15, -0.1) is 0 Å². The summed E-state index contributed by atoms with van der Waals surface area (Å²) in [6.07, 6.45) is 1.15. The fourth-order valence-corrected chi connectivity index (χ4v) is 2.67. The van der Waals surface area contributed by atoms with Gasteiger partial charge in [-0.25, -0.2) is 0 Å². The van der Waals surface area contributed by atoms with Gasteiger partial charge in [0.05, 0.1) is 7.11 Å². The molecule has 2 atom stereocenters. The van der Waals surface area contributed by atoms with E-state index in [0.717, 1.165) is 25.3 Å². The normalized spacial score (nSPS) is 14.5. The van der Waals surface area contributed by atoms with Crippen molar-refractivity contribution in [2.75, 3.05) is 27.2 Å². The van der Waals surface area contributed by atoms with Crippen molar-refractivity contribution in [1.82, 2.24) is 10.2 Å². The minimum Gasteiger partial charge on any atom is -0.497 e. The maximum absolute atomic E-state index is 5.26. The van der Waals surface area contributed by atoms with Gasteiger partial charge in [-0.05, 0) is 50.6 Å². The van der Waals surface area contributed by atoms with Crippen molar-refractivity contribution >= 4 is 0 Å². The van der Waals surface area contributed by atoms with Crippen LogP contribution in [0.5, 0.6) is 5.75 Å². The van der Waals surface area contributed by atoms with E-state index in [0.29, 0.717) is 18.0 Å². The van der Waals surface area contributed by atoms with Gasteiger partial charge < -0.3 is 15.0 Å². The predicted molar refractivity (Wildman–Crippen MR) is 91.0 cm³/mol. The molecule has 0 spiro atoms. The Morgan fingerprint density at radius 3 is 2.24 bits per heavy atom. The van der Waals surface area contributed by atoms with E-state index in [9.17, 15) is 0 Å². The molecule has 1 aromatic rings. The molecule has 0 bridgehead atoms. The summed E-state index contributed by atoms with van der Waals surface area (Å²) >= 11 is 0. The first-order valence-corrected chi connectivity index (χ1v) is 8.07. The molecule has 0 aliphatic rings. The quantitative estimate of drug-likeness (QED) is 0.751. The largest absolute Gasteiger partial charge is 0.497 e. The second kappa shape index (κ2) is 9.06. The Morgan fingerprint density at radius 2 is 1.76 bits per heavy atom. The molecule has 0 aromatic heterocycles. The molecule has 2 unspecified atom stereocenters. The zero-order chi connectivity index (χ0) is 15.8. The SMILES string of the molecule is CCCNC(c1ccc(OC)cc1)C(C)N(C)CC(C)C. The Labute approximate surface area is 130 Å². The van der Waals surface area contributed by atoms with Gasteiger partial charge in [-0.2, -0.15) is 0 Å². The van der Waals surface area contributed by atoms with Crippen LogP contribution >= 0.6 is 0 Å². The summed E-state index contributed by atoms with van der Waals surface area (Å²) in [7, 11) is 3.93. The van der Waals surface area contributed by atoms with Crippen LogP contribution in [0.4, 0.5) is 0 Å². The molecule has 1 aromatic carbocycles. The lowest BCUT2D eigenvalue weighted by molar-refractivity contribution is 0.187. The summed E-state index contributed by atoms with van der Waals surface area (Å²) in [5.74, 6) is 1.59. The van der Waals surface area contributed by atoms with Crippen LogP contribution in [0.1, 0.15) is 45.7 Å². The second-order valence-electron chi connectivity index (χ2n) is 6.28. The van der Waals surface area contributed by atoms with Crippen LogP contribution in [0.3, 0.4) is 0 Å². The van der Waals surface area contributed by atoms with Gasteiger partial charge in [0.15, 0.2) is 0 Å². The highest BCUT2D eigenvalue weighted by atomic mass is 16.5. The van der Waals surface area contributed by atoms with E-state index in [1.165, 1.54) is 5.56 Å². The molecule has 0 amide bonds. The van der Waals surface area contributed by atoms with E-state index in [4.69, 9.17) is 4.74 Å². The lowest BCUT2D eigenvalue weighted by Crippen LogP contribution is -2.42. The zero-order valence-corrected chi connectivity index (χ0v) is 14.5. The Bertz CT molecular complexity index is 389. The third-order valence-corrected chi connectivity index (χ3v) is 3.92. The number of benzene rings is 1.